The minimum absolute atomic E-state index is 0.0946. The number of amides is 2. The molecule has 0 fully saturated rings. The summed E-state index contributed by atoms with van der Waals surface area (Å²) in [4.78, 5) is 28.9. The van der Waals surface area contributed by atoms with Crippen molar-refractivity contribution in [1.82, 2.24) is 10.3 Å². The molecule has 2 heterocycles. The van der Waals surface area contributed by atoms with Gasteiger partial charge in [0.1, 0.15) is 5.75 Å². The van der Waals surface area contributed by atoms with Gasteiger partial charge in [-0.15, -0.1) is 0 Å². The number of pyridine rings is 1. The Hall–Kier alpha value is -3.09. The van der Waals surface area contributed by atoms with Crippen molar-refractivity contribution in [1.29, 1.82) is 0 Å². The van der Waals surface area contributed by atoms with E-state index in [1.54, 1.807) is 37.6 Å². The van der Waals surface area contributed by atoms with Gasteiger partial charge in [0.15, 0.2) is 0 Å². The summed E-state index contributed by atoms with van der Waals surface area (Å²) >= 11 is 0. The van der Waals surface area contributed by atoms with Crippen molar-refractivity contribution in [3.63, 3.8) is 0 Å². The number of fused-ring (bicyclic) bond motifs is 1. The number of carbonyl (C=O) groups excluding carboxylic acids is 2. The molecule has 1 atom stereocenters. The van der Waals surface area contributed by atoms with E-state index in [1.807, 2.05) is 13.0 Å². The van der Waals surface area contributed by atoms with Crippen LogP contribution in [0.15, 0.2) is 36.5 Å². The average Bonchev–Trinajstić information content (AvgIpc) is 2.66. The topological polar surface area (TPSA) is 89.5 Å². The van der Waals surface area contributed by atoms with E-state index < -0.39 is 5.92 Å². The fourth-order valence-electron chi connectivity index (χ4n) is 2.93. The molecule has 0 radical (unpaired) electrons. The van der Waals surface area contributed by atoms with Gasteiger partial charge in [-0.2, -0.15) is 0 Å². The molecule has 1 aliphatic rings. The molecule has 1 aromatic carbocycles. The molecule has 1 aromatic heterocycles. The summed E-state index contributed by atoms with van der Waals surface area (Å²) in [6, 6.07) is 8.93. The Labute approximate surface area is 151 Å². The van der Waals surface area contributed by atoms with Gasteiger partial charge in [-0.1, -0.05) is 6.07 Å². The number of rotatable bonds is 6. The Morgan fingerprint density at radius 1 is 1.38 bits per heavy atom. The van der Waals surface area contributed by atoms with Crippen LogP contribution in [0.1, 0.15) is 30.4 Å². The van der Waals surface area contributed by atoms with Crippen LogP contribution in [0.4, 0.5) is 5.69 Å². The zero-order chi connectivity index (χ0) is 18.5. The van der Waals surface area contributed by atoms with Crippen LogP contribution in [0, 0.1) is 0 Å². The van der Waals surface area contributed by atoms with Gasteiger partial charge in [-0.25, -0.2) is 4.98 Å². The number of nitrogens with zero attached hydrogens (tertiary/aromatic N) is 1. The average molecular weight is 355 g/mol. The highest BCUT2D eigenvalue weighted by atomic mass is 16.5. The molecule has 7 nitrogen and oxygen atoms in total. The lowest BCUT2D eigenvalue weighted by atomic mass is 9.89. The second kappa shape index (κ2) is 7.86. The Bertz CT molecular complexity index is 822. The number of methoxy groups -OCH3 is 1. The maximum Gasteiger partial charge on any atom is 0.228 e. The van der Waals surface area contributed by atoms with E-state index in [1.165, 1.54) is 0 Å². The standard InChI is InChI=1S/C19H21N3O4/c1-3-26-19-12(5-4-8-20-19)11-21-18(24)15-10-17(23)22-16-7-6-13(25-2)9-14(15)16/h4-9,15H,3,10-11H2,1-2H3,(H,21,24)(H,22,23)/t15-/m0/s1. The first-order valence-electron chi connectivity index (χ1n) is 8.44. The molecule has 0 unspecified atom stereocenters. The molecule has 7 heteroatoms. The number of benzene rings is 1. The molecular formula is C19H21N3O4. The van der Waals surface area contributed by atoms with E-state index >= 15 is 0 Å². The summed E-state index contributed by atoms with van der Waals surface area (Å²) in [6.45, 7) is 2.65. The van der Waals surface area contributed by atoms with E-state index in [4.69, 9.17) is 9.47 Å². The Morgan fingerprint density at radius 2 is 2.23 bits per heavy atom. The number of ether oxygens (including phenoxy) is 2. The molecule has 26 heavy (non-hydrogen) atoms. The highest BCUT2D eigenvalue weighted by molar-refractivity contribution is 6.01. The molecule has 2 N–H and O–H groups in total. The van der Waals surface area contributed by atoms with Crippen molar-refractivity contribution in [3.05, 3.63) is 47.7 Å². The number of hydrogen-bond donors (Lipinski definition) is 2. The minimum Gasteiger partial charge on any atom is -0.497 e. The molecular weight excluding hydrogens is 334 g/mol. The highest BCUT2D eigenvalue weighted by Crippen LogP contribution is 2.35. The van der Waals surface area contributed by atoms with Crippen LogP contribution in [0.3, 0.4) is 0 Å². The Balaban J connectivity index is 1.77. The van der Waals surface area contributed by atoms with Crippen molar-refractivity contribution in [2.45, 2.75) is 25.8 Å². The number of carbonyl (C=O) groups is 2. The molecule has 0 saturated carbocycles. The van der Waals surface area contributed by atoms with E-state index in [2.05, 4.69) is 15.6 Å². The number of hydrogen-bond acceptors (Lipinski definition) is 5. The Kier molecular flexibility index (Phi) is 5.36. The summed E-state index contributed by atoms with van der Waals surface area (Å²) < 4.78 is 10.7. The molecule has 0 bridgehead atoms. The zero-order valence-corrected chi connectivity index (χ0v) is 14.7. The predicted octanol–water partition coefficient (Wildman–Crippen LogP) is 2.23. The SMILES string of the molecule is CCOc1ncccc1CNC(=O)[C@H]1CC(=O)Nc2ccc(OC)cc21. The lowest BCUT2D eigenvalue weighted by molar-refractivity contribution is -0.126. The third-order valence-corrected chi connectivity index (χ3v) is 4.20. The van der Waals surface area contributed by atoms with Crippen molar-refractivity contribution in [2.75, 3.05) is 19.0 Å². The first kappa shape index (κ1) is 17.7. The first-order chi connectivity index (χ1) is 12.6. The van der Waals surface area contributed by atoms with Crippen LogP contribution in [0.5, 0.6) is 11.6 Å². The minimum atomic E-state index is -0.568. The quantitative estimate of drug-likeness (QED) is 0.829. The van der Waals surface area contributed by atoms with Crippen molar-refractivity contribution < 1.29 is 19.1 Å². The maximum atomic E-state index is 12.8. The van der Waals surface area contributed by atoms with E-state index in [-0.39, 0.29) is 24.8 Å². The van der Waals surface area contributed by atoms with Gasteiger partial charge in [0.2, 0.25) is 17.7 Å². The van der Waals surface area contributed by atoms with Gasteiger partial charge in [0.25, 0.3) is 0 Å². The summed E-state index contributed by atoms with van der Waals surface area (Å²) in [7, 11) is 1.57. The van der Waals surface area contributed by atoms with Gasteiger partial charge in [0.05, 0.1) is 19.6 Å². The molecule has 2 aromatic rings. The fraction of sp³-hybridized carbons (Fsp3) is 0.316. The zero-order valence-electron chi connectivity index (χ0n) is 14.7. The molecule has 3 rings (SSSR count). The van der Waals surface area contributed by atoms with Crippen LogP contribution in [0.25, 0.3) is 0 Å². The number of aromatic nitrogens is 1. The predicted molar refractivity (Wildman–Crippen MR) is 96.2 cm³/mol. The fourth-order valence-corrected chi connectivity index (χ4v) is 2.93. The lowest BCUT2D eigenvalue weighted by Gasteiger charge is -2.25. The van der Waals surface area contributed by atoms with E-state index in [0.717, 1.165) is 11.1 Å². The molecule has 2 amide bonds. The second-order valence-electron chi connectivity index (χ2n) is 5.88. The van der Waals surface area contributed by atoms with Gasteiger partial charge >= 0.3 is 0 Å². The van der Waals surface area contributed by atoms with Crippen molar-refractivity contribution >= 4 is 17.5 Å². The summed E-state index contributed by atoms with van der Waals surface area (Å²) in [6.07, 6.45) is 1.74. The summed E-state index contributed by atoms with van der Waals surface area (Å²) in [5, 5.41) is 5.68. The summed E-state index contributed by atoms with van der Waals surface area (Å²) in [5.74, 6) is 0.170. The van der Waals surface area contributed by atoms with Crippen molar-refractivity contribution in [3.8, 4) is 11.6 Å². The summed E-state index contributed by atoms with van der Waals surface area (Å²) in [5.41, 5.74) is 2.17. The largest absolute Gasteiger partial charge is 0.497 e. The maximum absolute atomic E-state index is 12.8. The van der Waals surface area contributed by atoms with Crippen LogP contribution in [-0.2, 0) is 16.1 Å². The Morgan fingerprint density at radius 3 is 3.00 bits per heavy atom. The molecule has 0 saturated heterocycles. The molecule has 0 spiro atoms. The van der Waals surface area contributed by atoms with Gasteiger partial charge in [-0.3, -0.25) is 9.59 Å². The lowest BCUT2D eigenvalue weighted by Crippen LogP contribution is -2.34. The third kappa shape index (κ3) is 3.77. The van der Waals surface area contributed by atoms with E-state index in [0.29, 0.717) is 23.9 Å². The smallest absolute Gasteiger partial charge is 0.228 e. The van der Waals surface area contributed by atoms with Gasteiger partial charge in [0, 0.05) is 30.4 Å². The molecule has 136 valence electrons. The van der Waals surface area contributed by atoms with Crippen LogP contribution >= 0.6 is 0 Å². The monoisotopic (exact) mass is 355 g/mol. The van der Waals surface area contributed by atoms with Crippen LogP contribution in [-0.4, -0.2) is 30.5 Å². The number of nitrogens with one attached hydrogen (secondary N) is 2. The number of anilines is 1. The van der Waals surface area contributed by atoms with Gasteiger partial charge in [-0.05, 0) is 36.8 Å². The normalized spacial score (nSPS) is 15.6. The molecule has 1 aliphatic heterocycles. The highest BCUT2D eigenvalue weighted by Gasteiger charge is 2.31. The molecule has 0 aliphatic carbocycles. The van der Waals surface area contributed by atoms with Gasteiger partial charge < -0.3 is 20.1 Å². The van der Waals surface area contributed by atoms with Crippen LogP contribution in [0.2, 0.25) is 0 Å². The third-order valence-electron chi connectivity index (χ3n) is 4.20. The van der Waals surface area contributed by atoms with E-state index in [9.17, 15) is 9.59 Å². The van der Waals surface area contributed by atoms with Crippen LogP contribution < -0.4 is 20.1 Å². The van der Waals surface area contributed by atoms with Crippen molar-refractivity contribution in [2.24, 2.45) is 0 Å². The first-order valence-corrected chi connectivity index (χ1v) is 8.44. The second-order valence-corrected chi connectivity index (χ2v) is 5.88.